The highest BCUT2D eigenvalue weighted by Crippen LogP contribution is 2.22. The fraction of sp³-hybridized carbons (Fsp3) is 0.250. The van der Waals surface area contributed by atoms with Gasteiger partial charge in [-0.25, -0.2) is 17.4 Å². The fourth-order valence-corrected chi connectivity index (χ4v) is 5.12. The Labute approximate surface area is 148 Å². The van der Waals surface area contributed by atoms with Crippen molar-refractivity contribution in [3.8, 4) is 5.69 Å². The third-order valence-electron chi connectivity index (χ3n) is 4.02. The first kappa shape index (κ1) is 16.4. The second kappa shape index (κ2) is 6.34. The van der Waals surface area contributed by atoms with Crippen LogP contribution in [0.15, 0.2) is 52.3 Å². The van der Waals surface area contributed by atoms with Crippen molar-refractivity contribution in [2.75, 3.05) is 26.3 Å². The van der Waals surface area contributed by atoms with E-state index in [9.17, 15) is 13.2 Å². The maximum Gasteiger partial charge on any atom is 0.274 e. The van der Waals surface area contributed by atoms with Crippen LogP contribution < -0.4 is 5.56 Å². The van der Waals surface area contributed by atoms with Crippen LogP contribution in [-0.4, -0.2) is 48.0 Å². The number of rotatable bonds is 3. The van der Waals surface area contributed by atoms with Crippen LogP contribution in [0.2, 0.25) is 0 Å². The van der Waals surface area contributed by atoms with Crippen LogP contribution in [0.4, 0.5) is 0 Å². The summed E-state index contributed by atoms with van der Waals surface area (Å²) >= 11 is 1.20. The van der Waals surface area contributed by atoms with Crippen molar-refractivity contribution in [2.24, 2.45) is 0 Å². The summed E-state index contributed by atoms with van der Waals surface area (Å²) in [4.78, 5) is 17.5. The molecule has 4 rings (SSSR count). The van der Waals surface area contributed by atoms with Crippen LogP contribution in [0.1, 0.15) is 0 Å². The topological polar surface area (TPSA) is 81.5 Å². The Morgan fingerprint density at radius 1 is 1.12 bits per heavy atom. The van der Waals surface area contributed by atoms with E-state index in [-0.39, 0.29) is 10.5 Å². The van der Waals surface area contributed by atoms with Gasteiger partial charge in [-0.05, 0) is 41.9 Å². The minimum Gasteiger partial charge on any atom is -0.379 e. The van der Waals surface area contributed by atoms with E-state index in [0.717, 1.165) is 0 Å². The van der Waals surface area contributed by atoms with Gasteiger partial charge in [-0.2, -0.15) is 4.31 Å². The van der Waals surface area contributed by atoms with E-state index in [2.05, 4.69) is 4.98 Å². The van der Waals surface area contributed by atoms with Crippen LogP contribution in [0.25, 0.3) is 15.9 Å². The Hall–Kier alpha value is -2.07. The summed E-state index contributed by atoms with van der Waals surface area (Å²) in [5, 5.41) is 0.522. The Morgan fingerprint density at radius 2 is 1.92 bits per heavy atom. The van der Waals surface area contributed by atoms with Gasteiger partial charge in [0.1, 0.15) is 4.83 Å². The molecule has 0 aliphatic carbocycles. The lowest BCUT2D eigenvalue weighted by atomic mass is 10.3. The Kier molecular flexibility index (Phi) is 4.16. The summed E-state index contributed by atoms with van der Waals surface area (Å²) < 4.78 is 33.7. The fourth-order valence-electron chi connectivity index (χ4n) is 2.74. The number of hydrogen-bond acceptors (Lipinski definition) is 6. The van der Waals surface area contributed by atoms with Gasteiger partial charge in [-0.15, -0.1) is 0 Å². The number of benzene rings is 1. The van der Waals surface area contributed by atoms with Gasteiger partial charge in [-0.3, -0.25) is 4.79 Å². The zero-order valence-electron chi connectivity index (χ0n) is 13.2. The lowest BCUT2D eigenvalue weighted by molar-refractivity contribution is 0.0730. The molecule has 0 unspecified atom stereocenters. The van der Waals surface area contributed by atoms with E-state index in [4.69, 9.17) is 4.74 Å². The molecule has 0 N–H and O–H groups in total. The molecule has 0 radical (unpaired) electrons. The Bertz CT molecular complexity index is 1080. The molecule has 1 saturated heterocycles. The molecule has 7 nitrogen and oxygen atoms in total. The number of sulfonamides is 1. The first-order chi connectivity index (χ1) is 12.1. The van der Waals surface area contributed by atoms with Gasteiger partial charge in [0.15, 0.2) is 0 Å². The summed E-state index contributed by atoms with van der Waals surface area (Å²) in [6.45, 7) is 1.44. The lowest BCUT2D eigenvalue weighted by Gasteiger charge is -2.26. The van der Waals surface area contributed by atoms with Crippen molar-refractivity contribution in [1.82, 2.24) is 13.2 Å². The van der Waals surface area contributed by atoms with Gasteiger partial charge in [-0.1, -0.05) is 6.07 Å². The van der Waals surface area contributed by atoms with Crippen molar-refractivity contribution in [1.29, 1.82) is 0 Å². The summed E-state index contributed by atoms with van der Waals surface area (Å²) in [5.41, 5.74) is 0.316. The molecule has 25 heavy (non-hydrogen) atoms. The lowest BCUT2D eigenvalue weighted by Crippen LogP contribution is -2.40. The molecule has 0 atom stereocenters. The van der Waals surface area contributed by atoms with Gasteiger partial charge in [0, 0.05) is 19.3 Å². The predicted molar refractivity (Wildman–Crippen MR) is 94.8 cm³/mol. The highest BCUT2D eigenvalue weighted by atomic mass is 32.2. The quantitative estimate of drug-likeness (QED) is 0.690. The molecular weight excluding hydrogens is 362 g/mol. The van der Waals surface area contributed by atoms with Crippen LogP contribution in [0.3, 0.4) is 0 Å². The van der Waals surface area contributed by atoms with Crippen LogP contribution >= 0.6 is 11.5 Å². The standard InChI is InChI=1S/C16H15N3O4S2/c20-16-14-5-2-6-17-15(14)24-19(16)12-3-1-4-13(11-12)25(21,22)18-7-9-23-10-8-18/h1-6,11H,7-10H2. The predicted octanol–water partition coefficient (Wildman–Crippen LogP) is 1.47. The molecule has 1 aromatic carbocycles. The first-order valence-electron chi connectivity index (χ1n) is 7.73. The monoisotopic (exact) mass is 377 g/mol. The van der Waals surface area contributed by atoms with Gasteiger partial charge in [0.05, 0.1) is 29.2 Å². The molecular formula is C16H15N3O4S2. The summed E-state index contributed by atoms with van der Waals surface area (Å²) in [6, 6.07) is 9.86. The minimum atomic E-state index is -3.61. The van der Waals surface area contributed by atoms with Gasteiger partial charge < -0.3 is 4.74 Å². The number of ether oxygens (including phenoxy) is 1. The van der Waals surface area contributed by atoms with Gasteiger partial charge in [0.25, 0.3) is 5.56 Å². The molecule has 1 aliphatic heterocycles. The van der Waals surface area contributed by atoms with Crippen LogP contribution in [0.5, 0.6) is 0 Å². The molecule has 130 valence electrons. The highest BCUT2D eigenvalue weighted by Gasteiger charge is 2.26. The van der Waals surface area contributed by atoms with E-state index in [1.54, 1.807) is 36.5 Å². The molecule has 3 aromatic rings. The molecule has 9 heteroatoms. The Morgan fingerprint density at radius 3 is 2.68 bits per heavy atom. The van der Waals surface area contributed by atoms with Crippen molar-refractivity contribution >= 4 is 31.8 Å². The number of pyridine rings is 1. The number of morpholine rings is 1. The number of nitrogens with zero attached hydrogens (tertiary/aromatic N) is 3. The maximum atomic E-state index is 12.8. The molecule has 0 amide bonds. The minimum absolute atomic E-state index is 0.171. The smallest absolute Gasteiger partial charge is 0.274 e. The molecule has 0 spiro atoms. The second-order valence-electron chi connectivity index (χ2n) is 5.56. The van der Waals surface area contributed by atoms with E-state index in [1.165, 1.54) is 25.9 Å². The molecule has 1 fully saturated rings. The average molecular weight is 377 g/mol. The number of fused-ring (bicyclic) bond motifs is 1. The summed E-state index contributed by atoms with van der Waals surface area (Å²) in [6.07, 6.45) is 1.63. The molecule has 1 aliphatic rings. The normalized spacial score (nSPS) is 16.3. The molecule has 2 aromatic heterocycles. The first-order valence-corrected chi connectivity index (χ1v) is 9.94. The van der Waals surface area contributed by atoms with Gasteiger partial charge in [0.2, 0.25) is 10.0 Å². The zero-order chi connectivity index (χ0) is 17.4. The third kappa shape index (κ3) is 2.89. The third-order valence-corrected chi connectivity index (χ3v) is 6.98. The van der Waals surface area contributed by atoms with Crippen molar-refractivity contribution < 1.29 is 13.2 Å². The Balaban J connectivity index is 1.79. The van der Waals surface area contributed by atoms with Crippen molar-refractivity contribution in [3.63, 3.8) is 0 Å². The van der Waals surface area contributed by atoms with Gasteiger partial charge >= 0.3 is 0 Å². The molecule has 0 saturated carbocycles. The molecule has 3 heterocycles. The van der Waals surface area contributed by atoms with E-state index in [0.29, 0.717) is 42.2 Å². The maximum absolute atomic E-state index is 12.8. The number of aromatic nitrogens is 2. The zero-order valence-corrected chi connectivity index (χ0v) is 14.8. The van der Waals surface area contributed by atoms with Crippen molar-refractivity contribution in [3.05, 3.63) is 52.9 Å². The van der Waals surface area contributed by atoms with E-state index < -0.39 is 10.0 Å². The SMILES string of the molecule is O=c1c2cccnc2sn1-c1cccc(S(=O)(=O)N2CCOCC2)c1. The highest BCUT2D eigenvalue weighted by molar-refractivity contribution is 7.89. The summed E-state index contributed by atoms with van der Waals surface area (Å²) in [7, 11) is -3.61. The van der Waals surface area contributed by atoms with E-state index >= 15 is 0 Å². The van der Waals surface area contributed by atoms with E-state index in [1.807, 2.05) is 0 Å². The largest absolute Gasteiger partial charge is 0.379 e. The summed E-state index contributed by atoms with van der Waals surface area (Å²) in [5.74, 6) is 0. The number of hydrogen-bond donors (Lipinski definition) is 0. The van der Waals surface area contributed by atoms with Crippen LogP contribution in [0, 0.1) is 0 Å². The second-order valence-corrected chi connectivity index (χ2v) is 8.43. The molecule has 0 bridgehead atoms. The van der Waals surface area contributed by atoms with Crippen molar-refractivity contribution in [2.45, 2.75) is 4.90 Å². The average Bonchev–Trinajstić information content (AvgIpc) is 3.00. The van der Waals surface area contributed by atoms with Crippen LogP contribution in [-0.2, 0) is 14.8 Å².